The minimum atomic E-state index is -0.176. The molecular weight excluding hydrogens is 212 g/mol. The molecule has 0 unspecified atom stereocenters. The van der Waals surface area contributed by atoms with Gasteiger partial charge >= 0.3 is 0 Å². The second-order valence-electron chi connectivity index (χ2n) is 4.02. The fourth-order valence-corrected chi connectivity index (χ4v) is 1.94. The number of Topliss-reactive ketones (excluding diaryl/α,β-unsaturated/α-hetero) is 1. The molecule has 1 aliphatic rings. The van der Waals surface area contributed by atoms with E-state index in [9.17, 15) is 4.79 Å². The van der Waals surface area contributed by atoms with Crippen LogP contribution in [0.25, 0.3) is 4.85 Å². The van der Waals surface area contributed by atoms with Gasteiger partial charge in [0.1, 0.15) is 0 Å². The molecule has 3 nitrogen and oxygen atoms in total. The summed E-state index contributed by atoms with van der Waals surface area (Å²) in [6, 6.07) is 8.98. The van der Waals surface area contributed by atoms with Gasteiger partial charge in [0.05, 0.1) is 6.57 Å². The lowest BCUT2D eigenvalue weighted by Gasteiger charge is -2.18. The van der Waals surface area contributed by atoms with E-state index in [1.807, 2.05) is 18.2 Å². The van der Waals surface area contributed by atoms with Gasteiger partial charge in [0.2, 0.25) is 0 Å². The van der Waals surface area contributed by atoms with Crippen LogP contribution >= 0.6 is 0 Å². The average molecular weight is 226 g/mol. The molecule has 1 saturated heterocycles. The van der Waals surface area contributed by atoms with Crippen molar-refractivity contribution in [1.82, 2.24) is 5.32 Å². The largest absolute Gasteiger partial charge is 0.397 e. The molecule has 3 heteroatoms. The molecular formula is C14H14N2O. The molecule has 1 aromatic carbocycles. The molecule has 0 radical (unpaired) electrons. The molecule has 0 amide bonds. The van der Waals surface area contributed by atoms with Gasteiger partial charge in [-0.25, -0.2) is 4.85 Å². The van der Waals surface area contributed by atoms with Crippen LogP contribution in [0.4, 0.5) is 0 Å². The lowest BCUT2D eigenvalue weighted by atomic mass is 10.0. The van der Waals surface area contributed by atoms with Crippen LogP contribution in [0.3, 0.4) is 0 Å². The van der Waals surface area contributed by atoms with Crippen LogP contribution in [-0.2, 0) is 0 Å². The molecule has 1 heterocycles. The standard InChI is InChI=1S/C14H14N2O/c1-15-13(12-9-5-6-10-16-12)14(17)11-7-3-2-4-8-11/h2-4,7-8,16H,5-6,9-10H2/b13-12-. The Bertz CT molecular complexity index is 475. The third kappa shape index (κ3) is 2.54. The Morgan fingerprint density at radius 1 is 1.24 bits per heavy atom. The highest BCUT2D eigenvalue weighted by atomic mass is 16.1. The first-order valence-electron chi connectivity index (χ1n) is 5.77. The molecule has 0 spiro atoms. The summed E-state index contributed by atoms with van der Waals surface area (Å²) < 4.78 is 0. The number of rotatable bonds is 2. The first-order chi connectivity index (χ1) is 8.33. The van der Waals surface area contributed by atoms with Crippen molar-refractivity contribution in [2.75, 3.05) is 6.54 Å². The number of carbonyl (C=O) groups is 1. The molecule has 0 aliphatic carbocycles. The summed E-state index contributed by atoms with van der Waals surface area (Å²) >= 11 is 0. The zero-order valence-corrected chi connectivity index (χ0v) is 9.57. The summed E-state index contributed by atoms with van der Waals surface area (Å²) in [5, 5.41) is 3.17. The number of nitrogens with zero attached hydrogens (tertiary/aromatic N) is 1. The van der Waals surface area contributed by atoms with E-state index >= 15 is 0 Å². The molecule has 0 aromatic heterocycles. The average Bonchev–Trinajstić information content (AvgIpc) is 2.42. The molecule has 1 aromatic rings. The van der Waals surface area contributed by atoms with Crippen LogP contribution < -0.4 is 5.32 Å². The first kappa shape index (κ1) is 11.4. The van der Waals surface area contributed by atoms with Crippen molar-refractivity contribution < 1.29 is 4.79 Å². The first-order valence-corrected chi connectivity index (χ1v) is 5.77. The van der Waals surface area contributed by atoms with E-state index in [-0.39, 0.29) is 11.5 Å². The Hall–Kier alpha value is -2.08. The van der Waals surface area contributed by atoms with Gasteiger partial charge in [-0.3, -0.25) is 0 Å². The summed E-state index contributed by atoms with van der Waals surface area (Å²) in [6.07, 6.45) is 2.95. The molecule has 17 heavy (non-hydrogen) atoms. The molecule has 1 N–H and O–H groups in total. The van der Waals surface area contributed by atoms with Gasteiger partial charge in [0.15, 0.2) is 5.78 Å². The number of piperidine rings is 1. The van der Waals surface area contributed by atoms with Crippen molar-refractivity contribution in [2.24, 2.45) is 0 Å². The van der Waals surface area contributed by atoms with Crippen LogP contribution in [0.1, 0.15) is 29.6 Å². The number of nitrogens with one attached hydrogen (secondary N) is 1. The fourth-order valence-electron chi connectivity index (χ4n) is 1.94. The second-order valence-corrected chi connectivity index (χ2v) is 4.02. The van der Waals surface area contributed by atoms with E-state index in [1.165, 1.54) is 0 Å². The maximum Gasteiger partial charge on any atom is 0.252 e. The van der Waals surface area contributed by atoms with Gasteiger partial charge in [0.25, 0.3) is 5.70 Å². The molecule has 2 rings (SSSR count). The van der Waals surface area contributed by atoms with E-state index in [0.29, 0.717) is 5.56 Å². The van der Waals surface area contributed by atoms with Gasteiger partial charge in [-0.2, -0.15) is 0 Å². The number of benzene rings is 1. The zero-order chi connectivity index (χ0) is 12.1. The minimum absolute atomic E-state index is 0.176. The third-order valence-corrected chi connectivity index (χ3v) is 2.84. The molecule has 0 bridgehead atoms. The summed E-state index contributed by atoms with van der Waals surface area (Å²) in [5.74, 6) is -0.176. The number of carbonyl (C=O) groups excluding carboxylic acids is 1. The van der Waals surface area contributed by atoms with Crippen molar-refractivity contribution in [2.45, 2.75) is 19.3 Å². The second kappa shape index (κ2) is 5.31. The SMILES string of the molecule is [C-]#[N+]/C(C(=O)c1ccccc1)=C1/CCCCN1. The van der Waals surface area contributed by atoms with E-state index in [2.05, 4.69) is 10.2 Å². The highest BCUT2D eigenvalue weighted by Gasteiger charge is 2.18. The van der Waals surface area contributed by atoms with Crippen LogP contribution in [0.15, 0.2) is 41.7 Å². The van der Waals surface area contributed by atoms with Crippen LogP contribution in [0, 0.1) is 6.57 Å². The Morgan fingerprint density at radius 3 is 2.59 bits per heavy atom. The quantitative estimate of drug-likeness (QED) is 0.478. The molecule has 86 valence electrons. The predicted molar refractivity (Wildman–Crippen MR) is 66.3 cm³/mol. The number of allylic oxidation sites excluding steroid dienone is 2. The Morgan fingerprint density at radius 2 is 2.00 bits per heavy atom. The lowest BCUT2D eigenvalue weighted by molar-refractivity contribution is 0.103. The highest BCUT2D eigenvalue weighted by Crippen LogP contribution is 2.19. The smallest absolute Gasteiger partial charge is 0.252 e. The summed E-state index contributed by atoms with van der Waals surface area (Å²) in [5.41, 5.74) is 1.63. The molecule has 1 aliphatic heterocycles. The van der Waals surface area contributed by atoms with Gasteiger partial charge in [0, 0.05) is 17.8 Å². The predicted octanol–water partition coefficient (Wildman–Crippen LogP) is 2.77. The van der Waals surface area contributed by atoms with E-state index in [0.717, 1.165) is 31.5 Å². The Balaban J connectivity index is 2.31. The Labute approximate surface area is 101 Å². The maximum atomic E-state index is 12.2. The molecule has 0 saturated carbocycles. The van der Waals surface area contributed by atoms with Gasteiger partial charge in [-0.05, 0) is 19.3 Å². The minimum Gasteiger partial charge on any atom is -0.397 e. The van der Waals surface area contributed by atoms with Crippen LogP contribution in [-0.4, -0.2) is 12.3 Å². The number of hydrogen-bond acceptors (Lipinski definition) is 2. The van der Waals surface area contributed by atoms with E-state index < -0.39 is 0 Å². The topological polar surface area (TPSA) is 33.5 Å². The zero-order valence-electron chi connectivity index (χ0n) is 9.57. The van der Waals surface area contributed by atoms with Crippen molar-refractivity contribution in [1.29, 1.82) is 0 Å². The monoisotopic (exact) mass is 226 g/mol. The van der Waals surface area contributed by atoms with Crippen molar-refractivity contribution in [3.63, 3.8) is 0 Å². The summed E-state index contributed by atoms with van der Waals surface area (Å²) in [7, 11) is 0. The third-order valence-electron chi connectivity index (χ3n) is 2.84. The molecule has 1 fully saturated rings. The van der Waals surface area contributed by atoms with Crippen molar-refractivity contribution >= 4 is 5.78 Å². The van der Waals surface area contributed by atoms with Crippen LogP contribution in [0.5, 0.6) is 0 Å². The number of hydrogen-bond donors (Lipinski definition) is 1. The normalized spacial score (nSPS) is 17.8. The maximum absolute atomic E-state index is 12.2. The summed E-state index contributed by atoms with van der Waals surface area (Å²) in [4.78, 5) is 15.6. The molecule has 0 atom stereocenters. The fraction of sp³-hybridized carbons (Fsp3) is 0.286. The van der Waals surface area contributed by atoms with Gasteiger partial charge in [-0.1, -0.05) is 30.3 Å². The highest BCUT2D eigenvalue weighted by molar-refractivity contribution is 6.10. The van der Waals surface area contributed by atoms with Crippen molar-refractivity contribution in [3.8, 4) is 0 Å². The Kier molecular flexibility index (Phi) is 3.56. The van der Waals surface area contributed by atoms with Crippen molar-refractivity contribution in [3.05, 3.63) is 58.7 Å². The van der Waals surface area contributed by atoms with Gasteiger partial charge < -0.3 is 10.1 Å². The number of ketones is 1. The van der Waals surface area contributed by atoms with Gasteiger partial charge in [-0.15, -0.1) is 0 Å². The van der Waals surface area contributed by atoms with Crippen LogP contribution in [0.2, 0.25) is 0 Å². The van der Waals surface area contributed by atoms with E-state index in [4.69, 9.17) is 6.57 Å². The van der Waals surface area contributed by atoms with E-state index in [1.54, 1.807) is 12.1 Å². The summed E-state index contributed by atoms with van der Waals surface area (Å²) in [6.45, 7) is 8.04. The lowest BCUT2D eigenvalue weighted by Crippen LogP contribution is -2.23.